The molecule has 4 nitrogen and oxygen atoms in total. The summed E-state index contributed by atoms with van der Waals surface area (Å²) < 4.78 is 6.63. The number of aromatic nitrogens is 2. The van der Waals surface area contributed by atoms with Gasteiger partial charge in [0.15, 0.2) is 5.69 Å². The van der Waals surface area contributed by atoms with Gasteiger partial charge in [-0.1, -0.05) is 29.8 Å². The number of carbonyl (C=O) groups is 1. The zero-order valence-corrected chi connectivity index (χ0v) is 10.8. The van der Waals surface area contributed by atoms with Crippen LogP contribution in [0.4, 0.5) is 0 Å². The smallest absolute Gasteiger partial charge is 0.358 e. The standard InChI is InChI=1S/C14H16N2O2/c1-4-18-14(17)12-9-13(16(3)15-12)11-7-5-10(2)6-8-11/h5-9H,4H2,1-3H3. The van der Waals surface area contributed by atoms with Crippen LogP contribution in [0.2, 0.25) is 0 Å². The van der Waals surface area contributed by atoms with E-state index in [-0.39, 0.29) is 5.97 Å². The second-order valence-corrected chi connectivity index (χ2v) is 4.12. The van der Waals surface area contributed by atoms with Crippen LogP contribution in [0, 0.1) is 6.92 Å². The Morgan fingerprint density at radius 1 is 1.33 bits per heavy atom. The van der Waals surface area contributed by atoms with E-state index in [0.29, 0.717) is 12.3 Å². The monoisotopic (exact) mass is 244 g/mol. The molecule has 0 aliphatic heterocycles. The third-order valence-corrected chi connectivity index (χ3v) is 2.71. The van der Waals surface area contributed by atoms with Crippen LogP contribution in [0.3, 0.4) is 0 Å². The van der Waals surface area contributed by atoms with Crippen molar-refractivity contribution in [1.29, 1.82) is 0 Å². The van der Waals surface area contributed by atoms with Crippen molar-refractivity contribution in [2.24, 2.45) is 7.05 Å². The average molecular weight is 244 g/mol. The van der Waals surface area contributed by atoms with Gasteiger partial charge in [-0.15, -0.1) is 0 Å². The first-order chi connectivity index (χ1) is 8.61. The van der Waals surface area contributed by atoms with Gasteiger partial charge in [-0.25, -0.2) is 4.79 Å². The van der Waals surface area contributed by atoms with Gasteiger partial charge in [-0.05, 0) is 25.5 Å². The van der Waals surface area contributed by atoms with Gasteiger partial charge in [0.05, 0.1) is 12.3 Å². The van der Waals surface area contributed by atoms with E-state index < -0.39 is 0 Å². The predicted molar refractivity (Wildman–Crippen MR) is 69.3 cm³/mol. The Morgan fingerprint density at radius 2 is 2.00 bits per heavy atom. The highest BCUT2D eigenvalue weighted by Gasteiger charge is 2.14. The topological polar surface area (TPSA) is 44.1 Å². The molecule has 0 N–H and O–H groups in total. The fourth-order valence-electron chi connectivity index (χ4n) is 1.77. The van der Waals surface area contributed by atoms with E-state index in [1.807, 2.05) is 38.2 Å². The van der Waals surface area contributed by atoms with Crippen LogP contribution < -0.4 is 0 Å². The summed E-state index contributed by atoms with van der Waals surface area (Å²) in [5.41, 5.74) is 3.48. The van der Waals surface area contributed by atoms with Crippen molar-refractivity contribution < 1.29 is 9.53 Å². The number of rotatable bonds is 3. The summed E-state index contributed by atoms with van der Waals surface area (Å²) in [5, 5.41) is 4.17. The van der Waals surface area contributed by atoms with E-state index in [1.165, 1.54) is 5.56 Å². The molecule has 94 valence electrons. The molecule has 0 radical (unpaired) electrons. The molecule has 2 aromatic rings. The molecule has 0 atom stereocenters. The molecular weight excluding hydrogens is 228 g/mol. The molecule has 0 saturated carbocycles. The summed E-state index contributed by atoms with van der Waals surface area (Å²) in [6, 6.07) is 9.85. The Kier molecular flexibility index (Phi) is 3.46. The van der Waals surface area contributed by atoms with Crippen molar-refractivity contribution in [1.82, 2.24) is 9.78 Å². The number of aryl methyl sites for hydroxylation is 2. The fraction of sp³-hybridized carbons (Fsp3) is 0.286. The normalized spacial score (nSPS) is 10.4. The van der Waals surface area contributed by atoms with Gasteiger partial charge >= 0.3 is 5.97 Å². The lowest BCUT2D eigenvalue weighted by molar-refractivity contribution is 0.0518. The summed E-state index contributed by atoms with van der Waals surface area (Å²) in [6.07, 6.45) is 0. The first-order valence-corrected chi connectivity index (χ1v) is 5.90. The number of carbonyl (C=O) groups excluding carboxylic acids is 1. The van der Waals surface area contributed by atoms with E-state index >= 15 is 0 Å². The van der Waals surface area contributed by atoms with Crippen molar-refractivity contribution >= 4 is 5.97 Å². The molecule has 0 fully saturated rings. The number of ether oxygens (including phenoxy) is 1. The maximum absolute atomic E-state index is 11.6. The SMILES string of the molecule is CCOC(=O)c1cc(-c2ccc(C)cc2)n(C)n1. The molecule has 0 bridgehead atoms. The lowest BCUT2D eigenvalue weighted by Crippen LogP contribution is -2.05. The summed E-state index contributed by atoms with van der Waals surface area (Å²) in [4.78, 5) is 11.6. The third-order valence-electron chi connectivity index (χ3n) is 2.71. The molecule has 18 heavy (non-hydrogen) atoms. The number of hydrogen-bond donors (Lipinski definition) is 0. The molecule has 1 aromatic carbocycles. The van der Waals surface area contributed by atoms with Gasteiger partial charge in [-0.2, -0.15) is 5.10 Å². The fourth-order valence-corrected chi connectivity index (χ4v) is 1.77. The molecule has 4 heteroatoms. The van der Waals surface area contributed by atoms with Gasteiger partial charge in [-0.3, -0.25) is 4.68 Å². The van der Waals surface area contributed by atoms with Gasteiger partial charge < -0.3 is 4.74 Å². The Labute approximate surface area is 106 Å². The molecule has 0 aliphatic carbocycles. The van der Waals surface area contributed by atoms with Crippen molar-refractivity contribution in [3.63, 3.8) is 0 Å². The van der Waals surface area contributed by atoms with Crippen LogP contribution >= 0.6 is 0 Å². The van der Waals surface area contributed by atoms with Crippen molar-refractivity contribution in [2.45, 2.75) is 13.8 Å². The van der Waals surface area contributed by atoms with Crippen LogP contribution in [0.5, 0.6) is 0 Å². The highest BCUT2D eigenvalue weighted by molar-refractivity contribution is 5.88. The second-order valence-electron chi connectivity index (χ2n) is 4.12. The second kappa shape index (κ2) is 5.04. The highest BCUT2D eigenvalue weighted by atomic mass is 16.5. The van der Waals surface area contributed by atoms with Gasteiger partial charge in [0.2, 0.25) is 0 Å². The van der Waals surface area contributed by atoms with Crippen molar-refractivity contribution in [3.8, 4) is 11.3 Å². The number of hydrogen-bond acceptors (Lipinski definition) is 3. The maximum Gasteiger partial charge on any atom is 0.358 e. The van der Waals surface area contributed by atoms with E-state index in [4.69, 9.17) is 4.74 Å². The number of esters is 1. The maximum atomic E-state index is 11.6. The van der Waals surface area contributed by atoms with E-state index in [0.717, 1.165) is 11.3 Å². The average Bonchev–Trinajstić information content (AvgIpc) is 2.73. The molecule has 0 aliphatic rings. The Bertz CT molecular complexity index is 556. The first kappa shape index (κ1) is 12.4. The van der Waals surface area contributed by atoms with Crippen LogP contribution in [-0.2, 0) is 11.8 Å². The molecule has 1 heterocycles. The van der Waals surface area contributed by atoms with Crippen LogP contribution in [0.25, 0.3) is 11.3 Å². The molecular formula is C14H16N2O2. The van der Waals surface area contributed by atoms with Crippen molar-refractivity contribution in [2.75, 3.05) is 6.61 Å². The lowest BCUT2D eigenvalue weighted by atomic mass is 10.1. The third kappa shape index (κ3) is 2.42. The minimum atomic E-state index is -0.383. The minimum Gasteiger partial charge on any atom is -0.461 e. The number of nitrogens with zero attached hydrogens (tertiary/aromatic N) is 2. The first-order valence-electron chi connectivity index (χ1n) is 5.90. The van der Waals surface area contributed by atoms with Gasteiger partial charge in [0.25, 0.3) is 0 Å². The molecule has 2 rings (SSSR count). The summed E-state index contributed by atoms with van der Waals surface area (Å²) in [6.45, 7) is 4.17. The predicted octanol–water partition coefficient (Wildman–Crippen LogP) is 2.57. The molecule has 0 saturated heterocycles. The van der Waals surface area contributed by atoms with Crippen LogP contribution in [0.15, 0.2) is 30.3 Å². The Morgan fingerprint density at radius 3 is 2.61 bits per heavy atom. The Balaban J connectivity index is 2.34. The molecule has 1 aromatic heterocycles. The van der Waals surface area contributed by atoms with Crippen LogP contribution in [-0.4, -0.2) is 22.4 Å². The van der Waals surface area contributed by atoms with Gasteiger partial charge in [0.1, 0.15) is 0 Å². The number of benzene rings is 1. The highest BCUT2D eigenvalue weighted by Crippen LogP contribution is 2.20. The van der Waals surface area contributed by atoms with E-state index in [1.54, 1.807) is 17.7 Å². The largest absolute Gasteiger partial charge is 0.461 e. The minimum absolute atomic E-state index is 0.343. The molecule has 0 amide bonds. The zero-order chi connectivity index (χ0) is 13.1. The van der Waals surface area contributed by atoms with E-state index in [2.05, 4.69) is 5.10 Å². The van der Waals surface area contributed by atoms with Crippen molar-refractivity contribution in [3.05, 3.63) is 41.6 Å². The molecule has 0 unspecified atom stereocenters. The quantitative estimate of drug-likeness (QED) is 0.779. The van der Waals surface area contributed by atoms with Crippen LogP contribution in [0.1, 0.15) is 23.0 Å². The Hall–Kier alpha value is -2.10. The molecule has 0 spiro atoms. The summed E-state index contributed by atoms with van der Waals surface area (Å²) in [5.74, 6) is -0.383. The lowest BCUT2D eigenvalue weighted by Gasteiger charge is -2.01. The van der Waals surface area contributed by atoms with E-state index in [9.17, 15) is 4.79 Å². The summed E-state index contributed by atoms with van der Waals surface area (Å²) in [7, 11) is 1.82. The van der Waals surface area contributed by atoms with Gasteiger partial charge in [0, 0.05) is 7.05 Å². The zero-order valence-electron chi connectivity index (χ0n) is 10.8. The summed E-state index contributed by atoms with van der Waals surface area (Å²) >= 11 is 0.